The highest BCUT2D eigenvalue weighted by Crippen LogP contribution is 2.19. The van der Waals surface area contributed by atoms with E-state index in [2.05, 4.69) is 20.9 Å². The van der Waals surface area contributed by atoms with Gasteiger partial charge in [-0.15, -0.1) is 0 Å². The van der Waals surface area contributed by atoms with E-state index in [9.17, 15) is 9.18 Å². The zero-order valence-corrected chi connectivity index (χ0v) is 11.9. The molecule has 0 aliphatic carbocycles. The maximum atomic E-state index is 13.0. The van der Waals surface area contributed by atoms with Gasteiger partial charge in [-0.2, -0.15) is 0 Å². The molecule has 0 N–H and O–H groups in total. The van der Waals surface area contributed by atoms with Gasteiger partial charge in [0.15, 0.2) is 0 Å². The monoisotopic (exact) mass is 322 g/mol. The van der Waals surface area contributed by atoms with Crippen LogP contribution in [0.5, 0.6) is 0 Å². The average Bonchev–Trinajstić information content (AvgIpc) is 2.39. The molecule has 0 saturated carbocycles. The van der Waals surface area contributed by atoms with Crippen LogP contribution in [0.15, 0.2) is 47.1 Å². The minimum atomic E-state index is -0.379. The molecule has 1 aromatic heterocycles. The molecule has 0 saturated heterocycles. The van der Waals surface area contributed by atoms with Crippen molar-refractivity contribution in [1.82, 2.24) is 9.88 Å². The summed E-state index contributed by atoms with van der Waals surface area (Å²) in [6.07, 6.45) is 1.68. The third kappa shape index (κ3) is 3.38. The van der Waals surface area contributed by atoms with E-state index in [1.165, 1.54) is 18.2 Å². The molecule has 1 heterocycles. The fraction of sp³-hybridized carbons (Fsp3) is 0.143. The third-order valence-electron chi connectivity index (χ3n) is 2.63. The zero-order valence-electron chi connectivity index (χ0n) is 10.3. The van der Waals surface area contributed by atoms with Crippen LogP contribution in [-0.4, -0.2) is 22.8 Å². The van der Waals surface area contributed by atoms with Gasteiger partial charge in [0.25, 0.3) is 5.91 Å². The summed E-state index contributed by atoms with van der Waals surface area (Å²) in [5.41, 5.74) is 1.23. The number of hydrogen-bond acceptors (Lipinski definition) is 2. The molecule has 19 heavy (non-hydrogen) atoms. The Morgan fingerprint density at radius 3 is 2.79 bits per heavy atom. The van der Waals surface area contributed by atoms with Gasteiger partial charge < -0.3 is 4.90 Å². The molecule has 0 radical (unpaired) electrons. The van der Waals surface area contributed by atoms with E-state index in [4.69, 9.17) is 0 Å². The van der Waals surface area contributed by atoms with E-state index in [1.807, 2.05) is 18.2 Å². The van der Waals surface area contributed by atoms with Crippen LogP contribution in [0.1, 0.15) is 16.1 Å². The fourth-order valence-electron chi connectivity index (χ4n) is 1.67. The Labute approximate surface area is 119 Å². The molecule has 0 bridgehead atoms. The molecule has 0 aliphatic heterocycles. The second-order valence-electron chi connectivity index (χ2n) is 4.11. The largest absolute Gasteiger partial charge is 0.336 e. The molecule has 2 rings (SSSR count). The molecule has 98 valence electrons. The molecule has 5 heteroatoms. The Morgan fingerprint density at radius 1 is 1.37 bits per heavy atom. The van der Waals surface area contributed by atoms with E-state index in [0.717, 1.165) is 5.69 Å². The molecule has 0 aliphatic rings. The van der Waals surface area contributed by atoms with Gasteiger partial charge in [0.1, 0.15) is 5.82 Å². The first-order valence-electron chi connectivity index (χ1n) is 5.68. The van der Waals surface area contributed by atoms with Crippen LogP contribution in [0.2, 0.25) is 0 Å². The van der Waals surface area contributed by atoms with Crippen LogP contribution in [0.4, 0.5) is 4.39 Å². The van der Waals surface area contributed by atoms with Crippen LogP contribution in [0.3, 0.4) is 0 Å². The van der Waals surface area contributed by atoms with Crippen LogP contribution in [0.25, 0.3) is 0 Å². The minimum absolute atomic E-state index is 0.183. The van der Waals surface area contributed by atoms with E-state index in [1.54, 1.807) is 18.1 Å². The molecule has 0 spiro atoms. The van der Waals surface area contributed by atoms with Gasteiger partial charge in [0, 0.05) is 17.7 Å². The van der Waals surface area contributed by atoms with Gasteiger partial charge in [-0.1, -0.05) is 6.07 Å². The second kappa shape index (κ2) is 5.93. The van der Waals surface area contributed by atoms with Gasteiger partial charge in [-0.3, -0.25) is 9.78 Å². The zero-order chi connectivity index (χ0) is 13.8. The van der Waals surface area contributed by atoms with Gasteiger partial charge in [0.05, 0.1) is 17.8 Å². The molecular weight excluding hydrogens is 311 g/mol. The standard InChI is InChI=1S/C14H12BrFN2O/c1-18(9-11-4-2-3-7-17-11)14(19)12-6-5-10(16)8-13(12)15/h2-8H,9H2,1H3. The van der Waals surface area contributed by atoms with Gasteiger partial charge >= 0.3 is 0 Å². The smallest absolute Gasteiger partial charge is 0.255 e. The van der Waals surface area contributed by atoms with Crippen molar-refractivity contribution in [2.75, 3.05) is 7.05 Å². The lowest BCUT2D eigenvalue weighted by Crippen LogP contribution is -2.26. The minimum Gasteiger partial charge on any atom is -0.336 e. The molecular formula is C14H12BrFN2O. The predicted molar refractivity (Wildman–Crippen MR) is 74.1 cm³/mol. The number of amides is 1. The summed E-state index contributed by atoms with van der Waals surface area (Å²) in [5.74, 6) is -0.562. The Kier molecular flexibility index (Phi) is 4.27. The van der Waals surface area contributed by atoms with Crippen LogP contribution in [-0.2, 0) is 6.54 Å². The first kappa shape index (κ1) is 13.7. The molecule has 1 amide bonds. The predicted octanol–water partition coefficient (Wildman–Crippen LogP) is 3.26. The number of hydrogen-bond donors (Lipinski definition) is 0. The van der Waals surface area contributed by atoms with Crippen LogP contribution >= 0.6 is 15.9 Å². The van der Waals surface area contributed by atoms with Crippen molar-refractivity contribution in [3.05, 3.63) is 64.1 Å². The average molecular weight is 323 g/mol. The highest BCUT2D eigenvalue weighted by Gasteiger charge is 2.15. The first-order chi connectivity index (χ1) is 9.08. The number of halogens is 2. The number of carbonyl (C=O) groups excluding carboxylic acids is 1. The Bertz CT molecular complexity index is 589. The van der Waals surface area contributed by atoms with Gasteiger partial charge in [-0.05, 0) is 46.3 Å². The number of carbonyl (C=O) groups is 1. The maximum absolute atomic E-state index is 13.0. The highest BCUT2D eigenvalue weighted by atomic mass is 79.9. The number of nitrogens with zero attached hydrogens (tertiary/aromatic N) is 2. The van der Waals surface area contributed by atoms with E-state index in [-0.39, 0.29) is 11.7 Å². The van der Waals surface area contributed by atoms with Crippen LogP contribution in [0, 0.1) is 5.82 Å². The van der Waals surface area contributed by atoms with Crippen molar-refractivity contribution in [2.45, 2.75) is 6.54 Å². The molecule has 2 aromatic rings. The lowest BCUT2D eigenvalue weighted by molar-refractivity contribution is 0.0782. The lowest BCUT2D eigenvalue weighted by Gasteiger charge is -2.17. The highest BCUT2D eigenvalue weighted by molar-refractivity contribution is 9.10. The number of aromatic nitrogens is 1. The third-order valence-corrected chi connectivity index (χ3v) is 3.29. The van der Waals surface area contributed by atoms with Crippen LogP contribution < -0.4 is 0 Å². The fourth-order valence-corrected chi connectivity index (χ4v) is 2.20. The van der Waals surface area contributed by atoms with E-state index < -0.39 is 0 Å². The maximum Gasteiger partial charge on any atom is 0.255 e. The Balaban J connectivity index is 2.15. The quantitative estimate of drug-likeness (QED) is 0.869. The summed E-state index contributed by atoms with van der Waals surface area (Å²) in [6, 6.07) is 9.56. The first-order valence-corrected chi connectivity index (χ1v) is 6.47. The molecule has 3 nitrogen and oxygen atoms in total. The molecule has 0 fully saturated rings. The molecule has 0 unspecified atom stereocenters. The summed E-state index contributed by atoms with van der Waals surface area (Å²) in [6.45, 7) is 0.406. The van der Waals surface area contributed by atoms with Crippen molar-refractivity contribution in [2.24, 2.45) is 0 Å². The van der Waals surface area contributed by atoms with E-state index >= 15 is 0 Å². The summed E-state index contributed by atoms with van der Waals surface area (Å²) >= 11 is 3.20. The summed E-state index contributed by atoms with van der Waals surface area (Å²) in [4.78, 5) is 17.9. The Morgan fingerprint density at radius 2 is 2.16 bits per heavy atom. The van der Waals surface area contributed by atoms with E-state index in [0.29, 0.717) is 16.6 Å². The van der Waals surface area contributed by atoms with Crippen molar-refractivity contribution in [3.8, 4) is 0 Å². The lowest BCUT2D eigenvalue weighted by atomic mass is 10.2. The summed E-state index contributed by atoms with van der Waals surface area (Å²) in [5, 5.41) is 0. The van der Waals surface area contributed by atoms with Gasteiger partial charge in [-0.25, -0.2) is 4.39 Å². The normalized spacial score (nSPS) is 10.3. The molecule has 0 atom stereocenters. The van der Waals surface area contributed by atoms with Crippen molar-refractivity contribution < 1.29 is 9.18 Å². The van der Waals surface area contributed by atoms with Crippen molar-refractivity contribution in [1.29, 1.82) is 0 Å². The summed E-state index contributed by atoms with van der Waals surface area (Å²) in [7, 11) is 1.69. The SMILES string of the molecule is CN(Cc1ccccn1)C(=O)c1ccc(F)cc1Br. The molecule has 1 aromatic carbocycles. The second-order valence-corrected chi connectivity index (χ2v) is 4.96. The van der Waals surface area contributed by atoms with Gasteiger partial charge in [0.2, 0.25) is 0 Å². The number of rotatable bonds is 3. The topological polar surface area (TPSA) is 33.2 Å². The van der Waals surface area contributed by atoms with Crippen molar-refractivity contribution >= 4 is 21.8 Å². The Hall–Kier alpha value is -1.75. The number of pyridine rings is 1. The van der Waals surface area contributed by atoms with Crippen molar-refractivity contribution in [3.63, 3.8) is 0 Å². The number of benzene rings is 1. The summed E-state index contributed by atoms with van der Waals surface area (Å²) < 4.78 is 13.4.